The maximum atomic E-state index is 4.08. The molecular weight excluding hydrogens is 306 g/mol. The number of halogens is 1. The molecule has 2 aromatic rings. The summed E-state index contributed by atoms with van der Waals surface area (Å²) in [7, 11) is 0. The van der Waals surface area contributed by atoms with Crippen molar-refractivity contribution in [1.29, 1.82) is 0 Å². The first-order valence-electron chi connectivity index (χ1n) is 6.16. The Morgan fingerprint density at radius 3 is 2.74 bits per heavy atom. The van der Waals surface area contributed by atoms with Crippen LogP contribution in [0.15, 0.2) is 22.7 Å². The molecule has 0 spiro atoms. The SMILES string of the molecule is Cc1cccc(-n2nnnc2CNC(C)(C)C)c1Br. The summed E-state index contributed by atoms with van der Waals surface area (Å²) in [6, 6.07) is 6.04. The van der Waals surface area contributed by atoms with Crippen LogP contribution >= 0.6 is 15.9 Å². The summed E-state index contributed by atoms with van der Waals surface area (Å²) in [6.45, 7) is 9.01. The lowest BCUT2D eigenvalue weighted by atomic mass is 10.1. The fourth-order valence-electron chi connectivity index (χ4n) is 1.64. The van der Waals surface area contributed by atoms with E-state index in [4.69, 9.17) is 0 Å². The highest BCUT2D eigenvalue weighted by Gasteiger charge is 2.15. The molecule has 0 aliphatic carbocycles. The molecule has 0 atom stereocenters. The third-order valence-corrected chi connectivity index (χ3v) is 3.74. The summed E-state index contributed by atoms with van der Waals surface area (Å²) in [5, 5.41) is 15.3. The second-order valence-electron chi connectivity index (χ2n) is 5.52. The van der Waals surface area contributed by atoms with Crippen molar-refractivity contribution in [3.8, 4) is 5.69 Å². The number of nitrogens with one attached hydrogen (secondary N) is 1. The van der Waals surface area contributed by atoms with Crippen molar-refractivity contribution < 1.29 is 0 Å². The Labute approximate surface area is 121 Å². The van der Waals surface area contributed by atoms with E-state index < -0.39 is 0 Å². The highest BCUT2D eigenvalue weighted by atomic mass is 79.9. The summed E-state index contributed by atoms with van der Waals surface area (Å²) in [4.78, 5) is 0. The third-order valence-electron chi connectivity index (χ3n) is 2.71. The number of rotatable bonds is 3. The molecule has 102 valence electrons. The van der Waals surface area contributed by atoms with E-state index in [1.165, 1.54) is 0 Å². The number of benzene rings is 1. The van der Waals surface area contributed by atoms with Crippen molar-refractivity contribution in [2.45, 2.75) is 39.8 Å². The van der Waals surface area contributed by atoms with Crippen LogP contribution in [-0.2, 0) is 6.54 Å². The molecule has 0 aliphatic rings. The van der Waals surface area contributed by atoms with Crippen LogP contribution in [0.25, 0.3) is 5.69 Å². The van der Waals surface area contributed by atoms with Crippen molar-refractivity contribution in [3.05, 3.63) is 34.1 Å². The minimum Gasteiger partial charge on any atom is -0.305 e. The van der Waals surface area contributed by atoms with Gasteiger partial charge < -0.3 is 5.32 Å². The van der Waals surface area contributed by atoms with Gasteiger partial charge in [0.05, 0.1) is 12.2 Å². The van der Waals surface area contributed by atoms with Crippen molar-refractivity contribution in [3.63, 3.8) is 0 Å². The van der Waals surface area contributed by atoms with Crippen molar-refractivity contribution in [1.82, 2.24) is 25.5 Å². The Kier molecular flexibility index (Phi) is 4.01. The lowest BCUT2D eigenvalue weighted by molar-refractivity contribution is 0.415. The van der Waals surface area contributed by atoms with Crippen LogP contribution in [-0.4, -0.2) is 25.7 Å². The lowest BCUT2D eigenvalue weighted by Gasteiger charge is -2.20. The zero-order chi connectivity index (χ0) is 14.0. The van der Waals surface area contributed by atoms with Gasteiger partial charge in [0.2, 0.25) is 0 Å². The van der Waals surface area contributed by atoms with E-state index in [1.54, 1.807) is 4.68 Å². The first-order chi connectivity index (χ1) is 8.88. The lowest BCUT2D eigenvalue weighted by Crippen LogP contribution is -2.36. The molecule has 1 aromatic carbocycles. The van der Waals surface area contributed by atoms with Gasteiger partial charge in [0.1, 0.15) is 0 Å². The standard InChI is InChI=1S/C13H18BrN5/c1-9-6-5-7-10(12(9)14)19-11(16-17-18-19)8-15-13(2,3)4/h5-7,15H,8H2,1-4H3. The fourth-order valence-corrected chi connectivity index (χ4v) is 2.08. The molecule has 6 heteroatoms. The van der Waals surface area contributed by atoms with Gasteiger partial charge in [0.25, 0.3) is 0 Å². The number of nitrogens with zero attached hydrogens (tertiary/aromatic N) is 4. The topological polar surface area (TPSA) is 55.6 Å². The van der Waals surface area contributed by atoms with Crippen LogP contribution in [0.1, 0.15) is 32.2 Å². The maximum absolute atomic E-state index is 4.08. The molecule has 0 amide bonds. The fraction of sp³-hybridized carbons (Fsp3) is 0.462. The van der Waals surface area contributed by atoms with Crippen molar-refractivity contribution >= 4 is 15.9 Å². The second-order valence-corrected chi connectivity index (χ2v) is 6.31. The molecule has 0 saturated carbocycles. The predicted molar refractivity (Wildman–Crippen MR) is 78.2 cm³/mol. The molecule has 0 bridgehead atoms. The smallest absolute Gasteiger partial charge is 0.170 e. The number of hydrogen-bond donors (Lipinski definition) is 1. The van der Waals surface area contributed by atoms with Crippen molar-refractivity contribution in [2.75, 3.05) is 0 Å². The van der Waals surface area contributed by atoms with Gasteiger partial charge in [0, 0.05) is 10.0 Å². The highest BCUT2D eigenvalue weighted by molar-refractivity contribution is 9.10. The second kappa shape index (κ2) is 5.38. The van der Waals surface area contributed by atoms with E-state index in [2.05, 4.69) is 57.5 Å². The monoisotopic (exact) mass is 323 g/mol. The molecule has 0 radical (unpaired) electrons. The number of aryl methyl sites for hydroxylation is 1. The molecule has 2 rings (SSSR count). The van der Waals surface area contributed by atoms with E-state index in [0.717, 1.165) is 21.5 Å². The van der Waals surface area contributed by atoms with E-state index in [9.17, 15) is 0 Å². The average molecular weight is 324 g/mol. The van der Waals surface area contributed by atoms with E-state index in [0.29, 0.717) is 6.54 Å². The summed E-state index contributed by atoms with van der Waals surface area (Å²) in [5.74, 6) is 0.793. The molecule has 19 heavy (non-hydrogen) atoms. The summed E-state index contributed by atoms with van der Waals surface area (Å²) < 4.78 is 2.77. The van der Waals surface area contributed by atoms with Gasteiger partial charge in [-0.05, 0) is 65.7 Å². The zero-order valence-electron chi connectivity index (χ0n) is 11.6. The van der Waals surface area contributed by atoms with Gasteiger partial charge in [0.15, 0.2) is 5.82 Å². The first kappa shape index (κ1) is 14.1. The molecule has 0 unspecified atom stereocenters. The summed E-state index contributed by atoms with van der Waals surface area (Å²) in [6.07, 6.45) is 0. The van der Waals surface area contributed by atoms with Gasteiger partial charge >= 0.3 is 0 Å². The van der Waals surface area contributed by atoms with Gasteiger partial charge in [-0.1, -0.05) is 12.1 Å². The van der Waals surface area contributed by atoms with Crippen molar-refractivity contribution in [2.24, 2.45) is 0 Å². The largest absolute Gasteiger partial charge is 0.305 e. The minimum atomic E-state index is 0.0284. The molecule has 5 nitrogen and oxygen atoms in total. The average Bonchev–Trinajstić information content (AvgIpc) is 2.77. The third kappa shape index (κ3) is 3.39. The molecular formula is C13H18BrN5. The minimum absolute atomic E-state index is 0.0284. The van der Waals surface area contributed by atoms with Gasteiger partial charge in [-0.3, -0.25) is 0 Å². The van der Waals surface area contributed by atoms with Crippen LogP contribution in [0.3, 0.4) is 0 Å². The normalized spacial score (nSPS) is 11.8. The van der Waals surface area contributed by atoms with Gasteiger partial charge in [-0.15, -0.1) is 5.10 Å². The van der Waals surface area contributed by atoms with Gasteiger partial charge in [-0.25, -0.2) is 0 Å². The first-order valence-corrected chi connectivity index (χ1v) is 6.95. The van der Waals surface area contributed by atoms with Crippen LogP contribution < -0.4 is 5.32 Å². The number of hydrogen-bond acceptors (Lipinski definition) is 4. The van der Waals surface area contributed by atoms with E-state index in [1.807, 2.05) is 25.1 Å². The molecule has 0 saturated heterocycles. The maximum Gasteiger partial charge on any atom is 0.170 e. The Morgan fingerprint density at radius 2 is 2.05 bits per heavy atom. The van der Waals surface area contributed by atoms with Crippen LogP contribution in [0.2, 0.25) is 0 Å². The summed E-state index contributed by atoms with van der Waals surface area (Å²) >= 11 is 3.59. The molecule has 0 aliphatic heterocycles. The quantitative estimate of drug-likeness (QED) is 0.943. The van der Waals surface area contributed by atoms with E-state index >= 15 is 0 Å². The van der Waals surface area contributed by atoms with Gasteiger partial charge in [-0.2, -0.15) is 4.68 Å². The highest BCUT2D eigenvalue weighted by Crippen LogP contribution is 2.24. The molecule has 1 aromatic heterocycles. The zero-order valence-corrected chi connectivity index (χ0v) is 13.2. The van der Waals surface area contributed by atoms with Crippen LogP contribution in [0.4, 0.5) is 0 Å². The Hall–Kier alpha value is -1.27. The van der Waals surface area contributed by atoms with Crippen LogP contribution in [0, 0.1) is 6.92 Å². The Bertz CT molecular complexity index is 571. The number of tetrazole rings is 1. The molecule has 0 fully saturated rings. The molecule has 1 heterocycles. The predicted octanol–water partition coefficient (Wildman–Crippen LogP) is 2.62. The van der Waals surface area contributed by atoms with Crippen LogP contribution in [0.5, 0.6) is 0 Å². The Morgan fingerprint density at radius 1 is 1.32 bits per heavy atom. The summed E-state index contributed by atoms with van der Waals surface area (Å²) in [5.41, 5.74) is 2.14. The Balaban J connectivity index is 2.31. The number of aromatic nitrogens is 4. The van der Waals surface area contributed by atoms with E-state index in [-0.39, 0.29) is 5.54 Å². The molecule has 1 N–H and O–H groups in total.